The second-order valence-corrected chi connectivity index (χ2v) is 5.33. The van der Waals surface area contributed by atoms with Crippen molar-refractivity contribution in [2.45, 2.75) is 26.1 Å². The van der Waals surface area contributed by atoms with Crippen LogP contribution in [-0.4, -0.2) is 24.5 Å². The lowest BCUT2D eigenvalue weighted by Gasteiger charge is -2.26. The maximum absolute atomic E-state index is 3.33. The normalized spacial score (nSPS) is 12.6. The largest absolute Gasteiger partial charge is 0.316 e. The van der Waals surface area contributed by atoms with Crippen LogP contribution >= 0.6 is 0 Å². The molecule has 2 aromatic rings. The van der Waals surface area contributed by atoms with E-state index in [9.17, 15) is 0 Å². The molecule has 0 bridgehead atoms. The van der Waals surface area contributed by atoms with Gasteiger partial charge in [-0.05, 0) is 25.1 Å². The van der Waals surface area contributed by atoms with Gasteiger partial charge in [-0.3, -0.25) is 4.90 Å². The molecule has 1 N–H and O–H groups in total. The van der Waals surface area contributed by atoms with Crippen LogP contribution in [0.15, 0.2) is 60.7 Å². The Morgan fingerprint density at radius 2 is 1.30 bits per heavy atom. The molecule has 0 fully saturated rings. The van der Waals surface area contributed by atoms with Gasteiger partial charge in [0.05, 0.1) is 0 Å². The fraction of sp³-hybridized carbons (Fsp3) is 0.333. The highest BCUT2D eigenvalue weighted by atomic mass is 15.1. The number of hydrogen-bond acceptors (Lipinski definition) is 2. The molecule has 106 valence electrons. The fourth-order valence-electron chi connectivity index (χ4n) is 2.35. The number of benzene rings is 2. The second-order valence-electron chi connectivity index (χ2n) is 5.33. The molecular formula is C18H24N2. The van der Waals surface area contributed by atoms with Crippen LogP contribution in [0, 0.1) is 0 Å². The molecule has 1 unspecified atom stereocenters. The van der Waals surface area contributed by atoms with Gasteiger partial charge in [-0.15, -0.1) is 0 Å². The van der Waals surface area contributed by atoms with E-state index in [1.165, 1.54) is 11.1 Å². The Hall–Kier alpha value is -1.64. The van der Waals surface area contributed by atoms with Crippen LogP contribution in [0.1, 0.15) is 18.1 Å². The number of hydrogen-bond donors (Lipinski definition) is 1. The maximum atomic E-state index is 3.33. The number of nitrogens with one attached hydrogen (secondary N) is 1. The standard InChI is InChI=1S/C18H24N2/c1-16(19-2)13-20(14-17-9-5-3-6-10-17)15-18-11-7-4-8-12-18/h3-12,16,19H,13-15H2,1-2H3. The summed E-state index contributed by atoms with van der Waals surface area (Å²) >= 11 is 0. The van der Waals surface area contributed by atoms with E-state index in [0.29, 0.717) is 6.04 Å². The van der Waals surface area contributed by atoms with Crippen molar-refractivity contribution in [1.29, 1.82) is 0 Å². The Bertz CT molecular complexity index is 440. The van der Waals surface area contributed by atoms with Crippen molar-refractivity contribution < 1.29 is 0 Å². The lowest BCUT2D eigenvalue weighted by atomic mass is 10.1. The van der Waals surface area contributed by atoms with Crippen LogP contribution < -0.4 is 5.32 Å². The average Bonchev–Trinajstić information content (AvgIpc) is 2.49. The minimum Gasteiger partial charge on any atom is -0.316 e. The molecule has 0 saturated heterocycles. The zero-order valence-corrected chi connectivity index (χ0v) is 12.4. The molecular weight excluding hydrogens is 244 g/mol. The van der Waals surface area contributed by atoms with Crippen LogP contribution in [0.4, 0.5) is 0 Å². The molecule has 0 radical (unpaired) electrons. The summed E-state index contributed by atoms with van der Waals surface area (Å²) in [6.45, 7) is 5.24. The summed E-state index contributed by atoms with van der Waals surface area (Å²) in [5.74, 6) is 0. The highest BCUT2D eigenvalue weighted by molar-refractivity contribution is 5.17. The quantitative estimate of drug-likeness (QED) is 0.829. The molecule has 0 aromatic heterocycles. The van der Waals surface area contributed by atoms with Gasteiger partial charge in [-0.2, -0.15) is 0 Å². The van der Waals surface area contributed by atoms with Crippen molar-refractivity contribution in [2.75, 3.05) is 13.6 Å². The van der Waals surface area contributed by atoms with Gasteiger partial charge < -0.3 is 5.32 Å². The van der Waals surface area contributed by atoms with E-state index >= 15 is 0 Å². The third-order valence-electron chi connectivity index (χ3n) is 3.52. The Balaban J connectivity index is 2.04. The lowest BCUT2D eigenvalue weighted by molar-refractivity contribution is 0.234. The van der Waals surface area contributed by atoms with Crippen LogP contribution in [-0.2, 0) is 13.1 Å². The molecule has 2 heteroatoms. The third-order valence-corrected chi connectivity index (χ3v) is 3.52. The molecule has 0 heterocycles. The number of rotatable bonds is 7. The average molecular weight is 268 g/mol. The molecule has 20 heavy (non-hydrogen) atoms. The van der Waals surface area contributed by atoms with Gasteiger partial charge >= 0.3 is 0 Å². The zero-order chi connectivity index (χ0) is 14.2. The summed E-state index contributed by atoms with van der Waals surface area (Å²) in [4.78, 5) is 2.49. The van der Waals surface area contributed by atoms with Gasteiger partial charge in [-0.1, -0.05) is 60.7 Å². The molecule has 0 amide bonds. The van der Waals surface area contributed by atoms with Crippen molar-refractivity contribution in [3.05, 3.63) is 71.8 Å². The topological polar surface area (TPSA) is 15.3 Å². The van der Waals surface area contributed by atoms with Crippen LogP contribution in [0.3, 0.4) is 0 Å². The first kappa shape index (κ1) is 14.8. The van der Waals surface area contributed by atoms with E-state index < -0.39 is 0 Å². The van der Waals surface area contributed by atoms with Crippen LogP contribution in [0.5, 0.6) is 0 Å². The lowest BCUT2D eigenvalue weighted by Crippen LogP contribution is -2.36. The Morgan fingerprint density at radius 3 is 1.70 bits per heavy atom. The SMILES string of the molecule is CNC(C)CN(Cc1ccccc1)Cc1ccccc1. The molecule has 1 atom stereocenters. The van der Waals surface area contributed by atoms with Crippen molar-refractivity contribution in [3.8, 4) is 0 Å². The highest BCUT2D eigenvalue weighted by Crippen LogP contribution is 2.10. The molecule has 2 nitrogen and oxygen atoms in total. The van der Waals surface area contributed by atoms with Gasteiger partial charge in [0.25, 0.3) is 0 Å². The van der Waals surface area contributed by atoms with E-state index in [4.69, 9.17) is 0 Å². The van der Waals surface area contributed by atoms with E-state index in [-0.39, 0.29) is 0 Å². The minimum absolute atomic E-state index is 0.488. The molecule has 0 aliphatic carbocycles. The van der Waals surface area contributed by atoms with Gasteiger partial charge in [0.1, 0.15) is 0 Å². The number of nitrogens with zero attached hydrogens (tertiary/aromatic N) is 1. The fourth-order valence-corrected chi connectivity index (χ4v) is 2.35. The Kier molecular flexibility index (Phi) is 5.78. The molecule has 2 rings (SSSR count). The first-order chi connectivity index (χ1) is 9.78. The summed E-state index contributed by atoms with van der Waals surface area (Å²) in [5, 5.41) is 3.33. The molecule has 0 aliphatic heterocycles. The predicted molar refractivity (Wildman–Crippen MR) is 85.5 cm³/mol. The van der Waals surface area contributed by atoms with Gasteiger partial charge in [0, 0.05) is 25.7 Å². The molecule has 0 saturated carbocycles. The van der Waals surface area contributed by atoms with Gasteiger partial charge in [-0.25, -0.2) is 0 Å². The third kappa shape index (κ3) is 4.80. The first-order valence-corrected chi connectivity index (χ1v) is 7.25. The Labute approximate surface area is 122 Å². The number of likely N-dealkylation sites (N-methyl/N-ethyl adjacent to an activating group) is 1. The monoisotopic (exact) mass is 268 g/mol. The first-order valence-electron chi connectivity index (χ1n) is 7.25. The Morgan fingerprint density at radius 1 is 0.850 bits per heavy atom. The van der Waals surface area contributed by atoms with Crippen LogP contribution in [0.25, 0.3) is 0 Å². The summed E-state index contributed by atoms with van der Waals surface area (Å²) in [6, 6.07) is 21.9. The van der Waals surface area contributed by atoms with Crippen molar-refractivity contribution in [2.24, 2.45) is 0 Å². The van der Waals surface area contributed by atoms with Crippen LogP contribution in [0.2, 0.25) is 0 Å². The maximum Gasteiger partial charge on any atom is 0.0237 e. The van der Waals surface area contributed by atoms with Gasteiger partial charge in [0.15, 0.2) is 0 Å². The summed E-state index contributed by atoms with van der Waals surface area (Å²) in [5.41, 5.74) is 2.73. The molecule has 0 aliphatic rings. The molecule has 2 aromatic carbocycles. The van der Waals surface area contributed by atoms with E-state index in [2.05, 4.69) is 77.8 Å². The predicted octanol–water partition coefficient (Wildman–Crippen LogP) is 3.30. The highest BCUT2D eigenvalue weighted by Gasteiger charge is 2.10. The summed E-state index contributed by atoms with van der Waals surface area (Å²) < 4.78 is 0. The van der Waals surface area contributed by atoms with E-state index in [1.807, 2.05) is 7.05 Å². The smallest absolute Gasteiger partial charge is 0.0237 e. The van der Waals surface area contributed by atoms with Crippen molar-refractivity contribution >= 4 is 0 Å². The van der Waals surface area contributed by atoms with E-state index in [0.717, 1.165) is 19.6 Å². The van der Waals surface area contributed by atoms with Crippen molar-refractivity contribution in [1.82, 2.24) is 10.2 Å². The van der Waals surface area contributed by atoms with E-state index in [1.54, 1.807) is 0 Å². The summed E-state index contributed by atoms with van der Waals surface area (Å²) in [7, 11) is 2.02. The minimum atomic E-state index is 0.488. The second kappa shape index (κ2) is 7.83. The van der Waals surface area contributed by atoms with Gasteiger partial charge in [0.2, 0.25) is 0 Å². The van der Waals surface area contributed by atoms with Crippen molar-refractivity contribution in [3.63, 3.8) is 0 Å². The molecule has 0 spiro atoms. The zero-order valence-electron chi connectivity index (χ0n) is 12.4. The summed E-state index contributed by atoms with van der Waals surface area (Å²) in [6.07, 6.45) is 0.